The average molecular weight is 518 g/mol. The van der Waals surface area contributed by atoms with E-state index >= 15 is 0 Å². The van der Waals surface area contributed by atoms with Crippen LogP contribution in [0.1, 0.15) is 89.0 Å². The van der Waals surface area contributed by atoms with Crippen molar-refractivity contribution in [2.24, 2.45) is 51.8 Å². The summed E-state index contributed by atoms with van der Waals surface area (Å²) in [5.74, 6) is 4.23. The third-order valence-corrected chi connectivity index (χ3v) is 13.1. The van der Waals surface area contributed by atoms with Gasteiger partial charge in [0.2, 0.25) is 5.91 Å². The van der Waals surface area contributed by atoms with Crippen molar-refractivity contribution in [2.45, 2.75) is 89.9 Å². The van der Waals surface area contributed by atoms with E-state index in [2.05, 4.69) is 30.3 Å². The first-order valence-corrected chi connectivity index (χ1v) is 15.7. The summed E-state index contributed by atoms with van der Waals surface area (Å²) in [6, 6.07) is 10.6. The topological polar surface area (TPSA) is 46.6 Å². The monoisotopic (exact) mass is 517 g/mol. The van der Waals surface area contributed by atoms with E-state index in [1.807, 2.05) is 11.9 Å². The van der Waals surface area contributed by atoms with E-state index in [0.29, 0.717) is 34.5 Å². The molecule has 4 nitrogen and oxygen atoms in total. The van der Waals surface area contributed by atoms with Gasteiger partial charge in [0.05, 0.1) is 12.5 Å². The number of hydrogen-bond donors (Lipinski definition) is 0. The lowest BCUT2D eigenvalue weighted by Crippen LogP contribution is -2.46. The third kappa shape index (κ3) is 3.74. The largest absolute Gasteiger partial charge is 0.469 e. The van der Waals surface area contributed by atoms with Gasteiger partial charge in [-0.15, -0.1) is 0 Å². The Labute approximate surface area is 229 Å². The Morgan fingerprint density at radius 2 is 1.68 bits per heavy atom. The van der Waals surface area contributed by atoms with Crippen molar-refractivity contribution in [1.82, 2.24) is 4.90 Å². The zero-order valence-electron chi connectivity index (χ0n) is 23.6. The number of fused-ring (bicyclic) bond motifs is 5. The molecule has 0 heterocycles. The standard InChI is InChI=1S/C34H47NO3/c1-35(12-10-23-7-4-3-5-8-23)30(36)26-13-25-14-27-19-32(18-25,20-28(27)16-26)33-17-24-9-6-11-34(22-33,31(37)38-2)29(15-24)21-33/h3-5,7-8,24-29H,6,9-22H2,1-2H3. The molecule has 6 bridgehead atoms. The first kappa shape index (κ1) is 25.1. The van der Waals surface area contributed by atoms with Crippen LogP contribution in [0.2, 0.25) is 0 Å². The summed E-state index contributed by atoms with van der Waals surface area (Å²) >= 11 is 0. The molecule has 0 aliphatic heterocycles. The van der Waals surface area contributed by atoms with Crippen molar-refractivity contribution < 1.29 is 14.3 Å². The smallest absolute Gasteiger partial charge is 0.312 e. The number of hydrogen-bond acceptors (Lipinski definition) is 3. The van der Waals surface area contributed by atoms with Gasteiger partial charge in [-0.05, 0) is 123 Å². The molecule has 0 radical (unpaired) electrons. The minimum atomic E-state index is -0.209. The summed E-state index contributed by atoms with van der Waals surface area (Å²) in [6.07, 6.45) is 17.0. The van der Waals surface area contributed by atoms with E-state index < -0.39 is 0 Å². The Hall–Kier alpha value is -1.84. The zero-order chi connectivity index (χ0) is 26.1. The van der Waals surface area contributed by atoms with E-state index in [4.69, 9.17) is 4.74 Å². The number of methoxy groups -OCH3 is 1. The first-order chi connectivity index (χ1) is 18.4. The molecular formula is C34H47NO3. The van der Waals surface area contributed by atoms with Gasteiger partial charge in [-0.25, -0.2) is 0 Å². The van der Waals surface area contributed by atoms with Crippen LogP contribution in [0.4, 0.5) is 0 Å². The first-order valence-electron chi connectivity index (χ1n) is 15.7. The van der Waals surface area contributed by atoms with Crippen LogP contribution in [0, 0.1) is 51.8 Å². The van der Waals surface area contributed by atoms with Crippen LogP contribution in [0.25, 0.3) is 0 Å². The molecule has 0 saturated heterocycles. The molecule has 1 amide bonds. The second-order valence-corrected chi connectivity index (χ2v) is 14.9. The number of rotatable bonds is 6. The third-order valence-electron chi connectivity index (χ3n) is 13.1. The van der Waals surface area contributed by atoms with Crippen LogP contribution in [0.5, 0.6) is 0 Å². The summed E-state index contributed by atoms with van der Waals surface area (Å²) in [7, 11) is 3.65. The minimum absolute atomic E-state index is 0.109. The lowest BCUT2D eigenvalue weighted by atomic mass is 9.50. The molecule has 6 aliphatic rings. The molecule has 38 heavy (non-hydrogen) atoms. The highest BCUT2D eigenvalue weighted by Gasteiger charge is 2.71. The van der Waals surface area contributed by atoms with Gasteiger partial charge in [0.25, 0.3) is 0 Å². The number of carbonyl (C=O) groups excluding carboxylic acids is 2. The van der Waals surface area contributed by atoms with E-state index in [1.165, 1.54) is 63.4 Å². The predicted molar refractivity (Wildman–Crippen MR) is 148 cm³/mol. The van der Waals surface area contributed by atoms with Gasteiger partial charge in [-0.3, -0.25) is 9.59 Å². The molecular weight excluding hydrogens is 470 g/mol. The molecule has 0 spiro atoms. The maximum absolute atomic E-state index is 13.7. The highest BCUT2D eigenvalue weighted by molar-refractivity contribution is 5.79. The highest BCUT2D eigenvalue weighted by Crippen LogP contribution is 2.78. The Bertz CT molecular complexity index is 1080. The normalized spacial score (nSPS) is 44.5. The fourth-order valence-electron chi connectivity index (χ4n) is 11.8. The van der Waals surface area contributed by atoms with Crippen molar-refractivity contribution >= 4 is 11.9 Å². The van der Waals surface area contributed by atoms with Crippen LogP contribution in [-0.2, 0) is 20.7 Å². The number of likely N-dealkylation sites (N-methyl/N-ethyl adjacent to an activating group) is 1. The van der Waals surface area contributed by atoms with Gasteiger partial charge in [-0.1, -0.05) is 43.2 Å². The quantitative estimate of drug-likeness (QED) is 0.396. The van der Waals surface area contributed by atoms with E-state index in [0.717, 1.165) is 50.5 Å². The average Bonchev–Trinajstić information content (AvgIpc) is 3.21. The molecule has 9 unspecified atom stereocenters. The summed E-state index contributed by atoms with van der Waals surface area (Å²) in [6.45, 7) is 0.809. The molecule has 9 atom stereocenters. The summed E-state index contributed by atoms with van der Waals surface area (Å²) in [5.41, 5.74) is 1.84. The van der Waals surface area contributed by atoms with Gasteiger partial charge in [0, 0.05) is 19.5 Å². The number of amides is 1. The van der Waals surface area contributed by atoms with Crippen LogP contribution in [-0.4, -0.2) is 37.5 Å². The molecule has 6 aliphatic carbocycles. The lowest BCUT2D eigenvalue weighted by Gasteiger charge is -2.55. The van der Waals surface area contributed by atoms with Gasteiger partial charge in [-0.2, -0.15) is 0 Å². The molecule has 6 fully saturated rings. The van der Waals surface area contributed by atoms with E-state index in [9.17, 15) is 9.59 Å². The van der Waals surface area contributed by atoms with Crippen molar-refractivity contribution in [3.63, 3.8) is 0 Å². The maximum atomic E-state index is 13.7. The second-order valence-electron chi connectivity index (χ2n) is 14.9. The van der Waals surface area contributed by atoms with Crippen molar-refractivity contribution in [3.05, 3.63) is 35.9 Å². The van der Waals surface area contributed by atoms with Gasteiger partial charge in [0.1, 0.15) is 0 Å². The van der Waals surface area contributed by atoms with Crippen molar-refractivity contribution in [3.8, 4) is 0 Å². The lowest BCUT2D eigenvalue weighted by molar-refractivity contribution is -0.156. The van der Waals surface area contributed by atoms with Crippen LogP contribution in [0.15, 0.2) is 30.3 Å². The van der Waals surface area contributed by atoms with Gasteiger partial charge in [0.15, 0.2) is 0 Å². The molecule has 1 aromatic rings. The maximum Gasteiger partial charge on any atom is 0.312 e. The summed E-state index contributed by atoms with van der Waals surface area (Å²) in [4.78, 5) is 29.1. The number of esters is 1. The number of carbonyl (C=O) groups is 2. The number of ether oxygens (including phenoxy) is 1. The molecule has 4 heteroatoms. The Morgan fingerprint density at radius 1 is 0.921 bits per heavy atom. The van der Waals surface area contributed by atoms with E-state index in [1.54, 1.807) is 7.11 Å². The summed E-state index contributed by atoms with van der Waals surface area (Å²) < 4.78 is 5.53. The van der Waals surface area contributed by atoms with E-state index in [-0.39, 0.29) is 17.3 Å². The van der Waals surface area contributed by atoms with Crippen molar-refractivity contribution in [2.75, 3.05) is 20.7 Å². The Balaban J connectivity index is 1.10. The van der Waals surface area contributed by atoms with Crippen LogP contribution in [0.3, 0.4) is 0 Å². The number of benzene rings is 1. The van der Waals surface area contributed by atoms with Crippen LogP contribution >= 0.6 is 0 Å². The molecule has 0 N–H and O–H groups in total. The predicted octanol–water partition coefficient (Wildman–Crippen LogP) is 6.67. The van der Waals surface area contributed by atoms with Gasteiger partial charge < -0.3 is 9.64 Å². The molecule has 6 saturated carbocycles. The van der Waals surface area contributed by atoms with Gasteiger partial charge >= 0.3 is 5.97 Å². The Morgan fingerprint density at radius 3 is 2.47 bits per heavy atom. The zero-order valence-corrected chi connectivity index (χ0v) is 23.6. The second kappa shape index (κ2) is 9.10. The van der Waals surface area contributed by atoms with Crippen molar-refractivity contribution in [1.29, 1.82) is 0 Å². The number of nitrogens with zero attached hydrogens (tertiary/aromatic N) is 1. The molecule has 7 rings (SSSR count). The molecule has 206 valence electrons. The fourth-order valence-corrected chi connectivity index (χ4v) is 11.8. The Kier molecular flexibility index (Phi) is 6.02. The SMILES string of the molecule is COC(=O)C12CCCC3CC1CC(C14CC5CC(C(=O)N(C)CCc6ccccc6)CC(C1)C(C5)C4)(C3)C2. The molecule has 1 aromatic carbocycles. The minimum Gasteiger partial charge on any atom is -0.469 e. The highest BCUT2D eigenvalue weighted by atomic mass is 16.5. The van der Waals surface area contributed by atoms with Crippen LogP contribution < -0.4 is 0 Å². The fraction of sp³-hybridized carbons (Fsp3) is 0.765. The summed E-state index contributed by atoms with van der Waals surface area (Å²) in [5, 5.41) is 0. The molecule has 0 aromatic heterocycles.